The molecule has 1 atom stereocenters. The van der Waals surface area contributed by atoms with E-state index in [0.29, 0.717) is 18.0 Å². The van der Waals surface area contributed by atoms with Crippen molar-refractivity contribution in [1.82, 2.24) is 14.9 Å². The third-order valence-electron chi connectivity index (χ3n) is 7.18. The third-order valence-corrected chi connectivity index (χ3v) is 7.18. The van der Waals surface area contributed by atoms with Gasteiger partial charge in [-0.3, -0.25) is 4.79 Å². The number of nitrogens with one attached hydrogen (secondary N) is 1. The Balaban J connectivity index is 1.43. The van der Waals surface area contributed by atoms with E-state index in [0.717, 1.165) is 40.8 Å². The van der Waals surface area contributed by atoms with E-state index in [1.165, 1.54) is 19.3 Å². The van der Waals surface area contributed by atoms with E-state index in [9.17, 15) is 9.90 Å². The average molecular weight is 472 g/mol. The summed E-state index contributed by atoms with van der Waals surface area (Å²) in [6.45, 7) is 4.22. The molecule has 6 nitrogen and oxygen atoms in total. The summed E-state index contributed by atoms with van der Waals surface area (Å²) in [7, 11) is 0. The molecule has 2 aromatic heterocycles. The molecule has 0 saturated heterocycles. The van der Waals surface area contributed by atoms with Crippen molar-refractivity contribution in [2.75, 3.05) is 0 Å². The van der Waals surface area contributed by atoms with Crippen LogP contribution in [0, 0.1) is 5.92 Å². The van der Waals surface area contributed by atoms with Gasteiger partial charge >= 0.3 is 0 Å². The van der Waals surface area contributed by atoms with Crippen molar-refractivity contribution in [1.29, 1.82) is 0 Å². The van der Waals surface area contributed by atoms with Crippen LogP contribution in [0.5, 0.6) is 5.75 Å². The molecule has 0 aliphatic heterocycles. The van der Waals surface area contributed by atoms with Crippen LogP contribution in [0.1, 0.15) is 67.9 Å². The number of rotatable bonds is 7. The molecule has 1 aliphatic rings. The Morgan fingerprint density at radius 1 is 1.11 bits per heavy atom. The zero-order valence-corrected chi connectivity index (χ0v) is 20.4. The van der Waals surface area contributed by atoms with E-state index in [2.05, 4.69) is 23.7 Å². The number of carbonyl (C=O) groups excluding carboxylic acids is 1. The third kappa shape index (κ3) is 4.97. The minimum Gasteiger partial charge on any atom is -0.508 e. The lowest BCUT2D eigenvalue weighted by Crippen LogP contribution is -2.40. The fraction of sp³-hybridized carbons (Fsp3) is 0.379. The van der Waals surface area contributed by atoms with Crippen molar-refractivity contribution in [2.45, 2.75) is 64.5 Å². The summed E-state index contributed by atoms with van der Waals surface area (Å²) in [6.07, 6.45) is 10.2. The number of phenols is 1. The minimum absolute atomic E-state index is 0.0240. The molecule has 0 spiro atoms. The maximum Gasteiger partial charge on any atom is 0.251 e. The number of hydrogen-bond acceptors (Lipinski definition) is 4. The monoisotopic (exact) mass is 471 g/mol. The smallest absolute Gasteiger partial charge is 0.251 e. The van der Waals surface area contributed by atoms with Crippen molar-refractivity contribution >= 4 is 16.9 Å². The van der Waals surface area contributed by atoms with Crippen LogP contribution in [0.2, 0.25) is 0 Å². The molecule has 35 heavy (non-hydrogen) atoms. The first-order valence-corrected chi connectivity index (χ1v) is 12.6. The van der Waals surface area contributed by atoms with E-state index in [4.69, 9.17) is 9.40 Å². The Kier molecular flexibility index (Phi) is 6.62. The molecular weight excluding hydrogens is 438 g/mol. The number of benzene rings is 2. The molecular formula is C29H33N3O3. The molecule has 2 N–H and O–H groups in total. The van der Waals surface area contributed by atoms with Crippen LogP contribution in [0.4, 0.5) is 0 Å². The second-order valence-electron chi connectivity index (χ2n) is 10.0. The molecule has 6 heteroatoms. The van der Waals surface area contributed by atoms with Crippen LogP contribution >= 0.6 is 0 Å². The maximum absolute atomic E-state index is 13.3. The Labute approximate surface area is 206 Å². The highest BCUT2D eigenvalue weighted by atomic mass is 16.3. The van der Waals surface area contributed by atoms with E-state index in [1.807, 2.05) is 36.4 Å². The lowest BCUT2D eigenvalue weighted by atomic mass is 9.95. The highest BCUT2D eigenvalue weighted by molar-refractivity contribution is 5.98. The first-order valence-electron chi connectivity index (χ1n) is 12.6. The van der Waals surface area contributed by atoms with Gasteiger partial charge in [-0.1, -0.05) is 45.2 Å². The quantitative estimate of drug-likeness (QED) is 0.322. The topological polar surface area (TPSA) is 80.3 Å². The van der Waals surface area contributed by atoms with Gasteiger partial charge in [-0.25, -0.2) is 4.98 Å². The summed E-state index contributed by atoms with van der Waals surface area (Å²) in [6, 6.07) is 15.4. The van der Waals surface area contributed by atoms with Crippen molar-refractivity contribution in [3.63, 3.8) is 0 Å². The number of nitrogens with zero attached hydrogens (tertiary/aromatic N) is 2. The molecule has 2 aromatic carbocycles. The maximum atomic E-state index is 13.3. The van der Waals surface area contributed by atoms with E-state index >= 15 is 0 Å². The highest BCUT2D eigenvalue weighted by Gasteiger charge is 2.24. The molecule has 0 unspecified atom stereocenters. The molecule has 4 aromatic rings. The van der Waals surface area contributed by atoms with E-state index in [-0.39, 0.29) is 23.6 Å². The predicted octanol–water partition coefficient (Wildman–Crippen LogP) is 6.50. The lowest BCUT2D eigenvalue weighted by Gasteiger charge is -2.25. The van der Waals surface area contributed by atoms with Gasteiger partial charge in [0.15, 0.2) is 0 Å². The largest absolute Gasteiger partial charge is 0.508 e. The lowest BCUT2D eigenvalue weighted by molar-refractivity contribution is 0.0926. The number of aromatic nitrogens is 2. The summed E-state index contributed by atoms with van der Waals surface area (Å²) in [5.74, 6) is 1.32. The van der Waals surface area contributed by atoms with Crippen molar-refractivity contribution < 1.29 is 14.3 Å². The number of imidazole rings is 1. The van der Waals surface area contributed by atoms with Gasteiger partial charge in [0.2, 0.25) is 0 Å². The van der Waals surface area contributed by atoms with Gasteiger partial charge in [0.1, 0.15) is 17.8 Å². The number of fused-ring (bicyclic) bond motifs is 1. The Hall–Kier alpha value is -3.54. The number of amides is 1. The van der Waals surface area contributed by atoms with Crippen molar-refractivity contribution in [3.05, 3.63) is 72.2 Å². The highest BCUT2D eigenvalue weighted by Crippen LogP contribution is 2.36. The van der Waals surface area contributed by atoms with Crippen LogP contribution in [0.25, 0.3) is 22.4 Å². The summed E-state index contributed by atoms with van der Waals surface area (Å²) < 4.78 is 7.71. The predicted molar refractivity (Wildman–Crippen MR) is 137 cm³/mol. The summed E-state index contributed by atoms with van der Waals surface area (Å²) in [4.78, 5) is 18.2. The van der Waals surface area contributed by atoms with Crippen molar-refractivity contribution in [2.24, 2.45) is 5.92 Å². The summed E-state index contributed by atoms with van der Waals surface area (Å²) in [5, 5.41) is 12.8. The second kappa shape index (κ2) is 9.98. The standard InChI is InChI=1S/C29H33N3O3/c1-19(2)25(16-20-8-11-24(33)12-9-20)31-29(34)21-10-13-27-26(17-21)30-28(22-14-15-35-18-22)32(27)23-6-4-3-5-7-23/h8-15,17-19,23,25,33H,3-7,16H2,1-2H3,(H,31,34)/t25-/m0/s1. The first-order chi connectivity index (χ1) is 17.0. The first kappa shape index (κ1) is 23.2. The fourth-order valence-electron chi connectivity index (χ4n) is 5.14. The Bertz CT molecular complexity index is 1280. The van der Waals surface area contributed by atoms with Gasteiger partial charge in [0.05, 0.1) is 22.9 Å². The Morgan fingerprint density at radius 2 is 1.89 bits per heavy atom. The number of furan rings is 1. The SMILES string of the molecule is CC(C)[C@H](Cc1ccc(O)cc1)NC(=O)c1ccc2c(c1)nc(-c1ccoc1)n2C1CCCCC1. The van der Waals surface area contributed by atoms with E-state index < -0.39 is 0 Å². The number of aromatic hydroxyl groups is 1. The van der Waals surface area contributed by atoms with Crippen LogP contribution in [0.15, 0.2) is 65.5 Å². The van der Waals surface area contributed by atoms with Gasteiger partial charge in [0, 0.05) is 17.6 Å². The van der Waals surface area contributed by atoms with Crippen LogP contribution < -0.4 is 5.32 Å². The summed E-state index contributed by atoms with van der Waals surface area (Å²) in [5.41, 5.74) is 4.55. The molecule has 0 bridgehead atoms. The van der Waals surface area contributed by atoms with Gasteiger partial charge in [-0.2, -0.15) is 0 Å². The van der Waals surface area contributed by atoms with Gasteiger partial charge < -0.3 is 19.4 Å². The number of carbonyl (C=O) groups is 1. The van der Waals surface area contributed by atoms with Crippen molar-refractivity contribution in [3.8, 4) is 17.1 Å². The van der Waals surface area contributed by atoms with Gasteiger partial charge in [-0.15, -0.1) is 0 Å². The summed E-state index contributed by atoms with van der Waals surface area (Å²) >= 11 is 0. The molecule has 1 saturated carbocycles. The molecule has 1 aliphatic carbocycles. The fourth-order valence-corrected chi connectivity index (χ4v) is 5.14. The van der Waals surface area contributed by atoms with Crippen LogP contribution in [0.3, 0.4) is 0 Å². The average Bonchev–Trinajstić information content (AvgIpc) is 3.53. The van der Waals surface area contributed by atoms with Gasteiger partial charge in [-0.05, 0) is 67.1 Å². The zero-order valence-electron chi connectivity index (χ0n) is 20.4. The van der Waals surface area contributed by atoms with E-state index in [1.54, 1.807) is 24.7 Å². The number of phenolic OH excluding ortho intramolecular Hbond substituents is 1. The molecule has 2 heterocycles. The minimum atomic E-state index is -0.0959. The van der Waals surface area contributed by atoms with Crippen LogP contribution in [-0.4, -0.2) is 26.6 Å². The molecule has 1 amide bonds. The molecule has 1 fully saturated rings. The number of hydrogen-bond donors (Lipinski definition) is 2. The normalized spacial score (nSPS) is 15.5. The zero-order chi connectivity index (χ0) is 24.4. The van der Waals surface area contributed by atoms with Gasteiger partial charge in [0.25, 0.3) is 5.91 Å². The van der Waals surface area contributed by atoms with Crippen LogP contribution in [-0.2, 0) is 6.42 Å². The molecule has 182 valence electrons. The second-order valence-corrected chi connectivity index (χ2v) is 10.0. The molecule has 5 rings (SSSR count). The molecule has 0 radical (unpaired) electrons. The Morgan fingerprint density at radius 3 is 2.57 bits per heavy atom.